The first kappa shape index (κ1) is 14.4. The predicted octanol–water partition coefficient (Wildman–Crippen LogP) is 2.39. The first-order valence-corrected chi connectivity index (χ1v) is 8.45. The minimum Gasteiger partial charge on any atom is -0.496 e. The number of hydrogen-bond donors (Lipinski definition) is 1. The van der Waals surface area contributed by atoms with Crippen molar-refractivity contribution in [3.63, 3.8) is 0 Å². The first-order valence-electron chi connectivity index (χ1n) is 5.23. The monoisotopic (exact) mass is 362 g/mol. The van der Waals surface area contributed by atoms with Gasteiger partial charge < -0.3 is 4.74 Å². The van der Waals surface area contributed by atoms with Crippen molar-refractivity contribution >= 4 is 37.3 Å². The maximum absolute atomic E-state index is 12.1. The Morgan fingerprint density at radius 2 is 2.26 bits per heavy atom. The van der Waals surface area contributed by atoms with E-state index in [4.69, 9.17) is 4.74 Å². The summed E-state index contributed by atoms with van der Waals surface area (Å²) in [5, 5.41) is 1.80. The first-order chi connectivity index (χ1) is 9.03. The van der Waals surface area contributed by atoms with Gasteiger partial charge in [0, 0.05) is 5.38 Å². The fraction of sp³-hybridized carbons (Fsp3) is 0.182. The van der Waals surface area contributed by atoms with Crippen molar-refractivity contribution in [1.82, 2.24) is 9.71 Å². The molecule has 0 bridgehead atoms. The van der Waals surface area contributed by atoms with Crippen LogP contribution >= 0.6 is 27.3 Å². The minimum atomic E-state index is -3.55. The van der Waals surface area contributed by atoms with Gasteiger partial charge in [0.2, 0.25) is 10.0 Å². The molecule has 102 valence electrons. The number of ether oxygens (including phenoxy) is 1. The van der Waals surface area contributed by atoms with Crippen LogP contribution in [0.2, 0.25) is 0 Å². The van der Waals surface area contributed by atoms with Crippen molar-refractivity contribution in [3.05, 3.63) is 39.3 Å². The Morgan fingerprint density at radius 1 is 1.47 bits per heavy atom. The van der Waals surface area contributed by atoms with Crippen LogP contribution in [0.25, 0.3) is 0 Å². The van der Waals surface area contributed by atoms with E-state index in [1.807, 2.05) is 0 Å². The van der Waals surface area contributed by atoms with E-state index < -0.39 is 10.0 Å². The number of rotatable bonds is 5. The standard InChI is InChI=1S/C11H11BrN2O3S2/c1-17-11-3-2-9(4-10(11)12)19(15,16)14-5-8-6-18-7-13-8/h2-4,6-7,14H,5H2,1H3. The van der Waals surface area contributed by atoms with Gasteiger partial charge in [-0.1, -0.05) is 0 Å². The number of methoxy groups -OCH3 is 1. The molecule has 19 heavy (non-hydrogen) atoms. The molecule has 8 heteroatoms. The zero-order valence-electron chi connectivity index (χ0n) is 9.96. The topological polar surface area (TPSA) is 68.3 Å². The Labute approximate surface area is 123 Å². The highest BCUT2D eigenvalue weighted by atomic mass is 79.9. The van der Waals surface area contributed by atoms with Crippen LogP contribution in [0.4, 0.5) is 0 Å². The van der Waals surface area contributed by atoms with Crippen LogP contribution in [0.3, 0.4) is 0 Å². The predicted molar refractivity (Wildman–Crippen MR) is 76.8 cm³/mol. The molecular formula is C11H11BrN2O3S2. The molecule has 2 rings (SSSR count). The Hall–Kier alpha value is -0.960. The summed E-state index contributed by atoms with van der Waals surface area (Å²) in [7, 11) is -2.03. The van der Waals surface area contributed by atoms with Crippen LogP contribution in [0.1, 0.15) is 5.69 Å². The van der Waals surface area contributed by atoms with E-state index in [0.29, 0.717) is 15.9 Å². The summed E-state index contributed by atoms with van der Waals surface area (Å²) in [6.07, 6.45) is 0. The molecule has 0 saturated heterocycles. The highest BCUT2D eigenvalue weighted by Gasteiger charge is 2.15. The average Bonchev–Trinajstić information content (AvgIpc) is 2.89. The zero-order chi connectivity index (χ0) is 13.9. The third-order valence-corrected chi connectivity index (χ3v) is 5.01. The summed E-state index contributed by atoms with van der Waals surface area (Å²) in [6, 6.07) is 4.59. The summed E-state index contributed by atoms with van der Waals surface area (Å²) in [5.74, 6) is 0.582. The lowest BCUT2D eigenvalue weighted by Gasteiger charge is -2.08. The second-order valence-electron chi connectivity index (χ2n) is 3.60. The van der Waals surface area contributed by atoms with Gasteiger partial charge in [-0.05, 0) is 34.1 Å². The SMILES string of the molecule is COc1ccc(S(=O)(=O)NCc2cscn2)cc1Br. The molecule has 1 N–H and O–H groups in total. The third-order valence-electron chi connectivity index (χ3n) is 2.36. The van der Waals surface area contributed by atoms with Gasteiger partial charge in [0.1, 0.15) is 5.75 Å². The molecule has 5 nitrogen and oxygen atoms in total. The van der Waals surface area contributed by atoms with Crippen LogP contribution in [0, 0.1) is 0 Å². The van der Waals surface area contributed by atoms with Crippen molar-refractivity contribution in [2.45, 2.75) is 11.4 Å². The molecule has 1 heterocycles. The molecule has 1 aromatic heterocycles. The molecular weight excluding hydrogens is 352 g/mol. The largest absolute Gasteiger partial charge is 0.496 e. The van der Waals surface area contributed by atoms with Crippen molar-refractivity contribution in [1.29, 1.82) is 0 Å². The Balaban J connectivity index is 2.17. The lowest BCUT2D eigenvalue weighted by atomic mass is 10.3. The zero-order valence-corrected chi connectivity index (χ0v) is 13.2. The average molecular weight is 363 g/mol. The Kier molecular flexibility index (Phi) is 4.56. The quantitative estimate of drug-likeness (QED) is 0.886. The van der Waals surface area contributed by atoms with Gasteiger partial charge in [-0.15, -0.1) is 11.3 Å². The second kappa shape index (κ2) is 6.00. The van der Waals surface area contributed by atoms with Gasteiger partial charge in [0.05, 0.1) is 34.2 Å². The Morgan fingerprint density at radius 3 is 2.84 bits per heavy atom. The fourth-order valence-corrected chi connectivity index (χ4v) is 3.67. The molecule has 0 aliphatic heterocycles. The van der Waals surface area contributed by atoms with E-state index in [1.54, 1.807) is 17.0 Å². The molecule has 0 aliphatic rings. The molecule has 0 saturated carbocycles. The molecule has 0 atom stereocenters. The van der Waals surface area contributed by atoms with Crippen LogP contribution in [-0.4, -0.2) is 20.5 Å². The number of benzene rings is 1. The molecule has 1 aromatic carbocycles. The molecule has 0 radical (unpaired) electrons. The summed E-state index contributed by atoms with van der Waals surface area (Å²) in [6.45, 7) is 0.176. The molecule has 2 aromatic rings. The van der Waals surface area contributed by atoms with E-state index in [1.165, 1.54) is 30.6 Å². The van der Waals surface area contributed by atoms with E-state index in [2.05, 4.69) is 25.6 Å². The highest BCUT2D eigenvalue weighted by molar-refractivity contribution is 9.10. The number of nitrogens with zero attached hydrogens (tertiary/aromatic N) is 1. The van der Waals surface area contributed by atoms with Crippen molar-refractivity contribution in [2.75, 3.05) is 7.11 Å². The van der Waals surface area contributed by atoms with Gasteiger partial charge in [-0.3, -0.25) is 0 Å². The molecule has 0 fully saturated rings. The van der Waals surface area contributed by atoms with Gasteiger partial charge >= 0.3 is 0 Å². The fourth-order valence-electron chi connectivity index (χ4n) is 1.39. The van der Waals surface area contributed by atoms with Crippen molar-refractivity contribution < 1.29 is 13.2 Å². The van der Waals surface area contributed by atoms with E-state index in [0.717, 1.165) is 0 Å². The molecule has 0 amide bonds. The maximum Gasteiger partial charge on any atom is 0.240 e. The van der Waals surface area contributed by atoms with E-state index in [-0.39, 0.29) is 11.4 Å². The number of halogens is 1. The molecule has 0 spiro atoms. The normalized spacial score (nSPS) is 11.5. The van der Waals surface area contributed by atoms with Crippen LogP contribution in [0.5, 0.6) is 5.75 Å². The maximum atomic E-state index is 12.1. The van der Waals surface area contributed by atoms with Gasteiger partial charge in [0.15, 0.2) is 0 Å². The van der Waals surface area contributed by atoms with Crippen LogP contribution in [0.15, 0.2) is 38.5 Å². The second-order valence-corrected chi connectivity index (χ2v) is 6.94. The molecule has 0 aliphatic carbocycles. The van der Waals surface area contributed by atoms with Crippen LogP contribution in [-0.2, 0) is 16.6 Å². The Bertz CT molecular complexity index is 657. The van der Waals surface area contributed by atoms with Crippen molar-refractivity contribution in [3.8, 4) is 5.75 Å². The smallest absolute Gasteiger partial charge is 0.240 e. The van der Waals surface area contributed by atoms with E-state index >= 15 is 0 Å². The van der Waals surface area contributed by atoms with E-state index in [9.17, 15) is 8.42 Å². The van der Waals surface area contributed by atoms with Gasteiger partial charge in [-0.25, -0.2) is 18.1 Å². The summed E-state index contributed by atoms with van der Waals surface area (Å²) in [5.41, 5.74) is 2.36. The number of sulfonamides is 1. The number of hydrogen-bond acceptors (Lipinski definition) is 5. The summed E-state index contributed by atoms with van der Waals surface area (Å²) in [4.78, 5) is 4.20. The lowest BCUT2D eigenvalue weighted by Crippen LogP contribution is -2.23. The number of thiazole rings is 1. The van der Waals surface area contributed by atoms with Crippen molar-refractivity contribution in [2.24, 2.45) is 0 Å². The van der Waals surface area contributed by atoms with Gasteiger partial charge in [-0.2, -0.15) is 0 Å². The van der Waals surface area contributed by atoms with Crippen LogP contribution < -0.4 is 9.46 Å². The third kappa shape index (κ3) is 3.53. The summed E-state index contributed by atoms with van der Waals surface area (Å²) >= 11 is 4.69. The lowest BCUT2D eigenvalue weighted by molar-refractivity contribution is 0.411. The molecule has 0 unspecified atom stereocenters. The number of aromatic nitrogens is 1. The highest BCUT2D eigenvalue weighted by Crippen LogP contribution is 2.27. The summed E-state index contributed by atoms with van der Waals surface area (Å²) < 4.78 is 32.3. The minimum absolute atomic E-state index is 0.176. The number of nitrogens with one attached hydrogen (secondary N) is 1. The van der Waals surface area contributed by atoms with Gasteiger partial charge in [0.25, 0.3) is 0 Å².